The molecule has 2 N–H and O–H groups in total. The molecule has 0 aromatic rings. The lowest BCUT2D eigenvalue weighted by atomic mass is 10.2. The summed E-state index contributed by atoms with van der Waals surface area (Å²) >= 11 is 0. The van der Waals surface area contributed by atoms with Gasteiger partial charge in [-0.25, -0.2) is 4.79 Å². The summed E-state index contributed by atoms with van der Waals surface area (Å²) in [7, 11) is 0. The van der Waals surface area contributed by atoms with Gasteiger partial charge in [-0.3, -0.25) is 0 Å². The minimum absolute atomic E-state index is 0.336. The van der Waals surface area contributed by atoms with Crippen LogP contribution >= 0.6 is 0 Å². The van der Waals surface area contributed by atoms with Gasteiger partial charge in [0, 0.05) is 5.57 Å². The quantitative estimate of drug-likeness (QED) is 0.528. The van der Waals surface area contributed by atoms with E-state index in [1.807, 2.05) is 0 Å². The summed E-state index contributed by atoms with van der Waals surface area (Å²) < 4.78 is 0. The topological polar surface area (TPSA) is 57.5 Å². The average Bonchev–Trinajstić information content (AvgIpc) is 2.14. The van der Waals surface area contributed by atoms with Crippen molar-refractivity contribution in [2.45, 2.75) is 18.9 Å². The normalized spacial score (nSPS) is 25.9. The first-order valence-corrected chi connectivity index (χ1v) is 2.82. The molecule has 3 heteroatoms. The molecule has 1 atom stereocenters. The van der Waals surface area contributed by atoms with Crippen LogP contribution in [0.15, 0.2) is 11.6 Å². The Balaban J connectivity index is 2.62. The molecule has 3 nitrogen and oxygen atoms in total. The third kappa shape index (κ3) is 1.29. The molecule has 0 radical (unpaired) electrons. The first-order valence-electron chi connectivity index (χ1n) is 2.82. The number of aliphatic hydroxyl groups excluding tert-OH is 1. The van der Waals surface area contributed by atoms with Gasteiger partial charge in [-0.05, 0) is 18.9 Å². The fourth-order valence-corrected chi connectivity index (χ4v) is 0.881. The summed E-state index contributed by atoms with van der Waals surface area (Å²) in [4.78, 5) is 10.2. The maximum absolute atomic E-state index is 10.2. The van der Waals surface area contributed by atoms with Crippen molar-refractivity contribution in [3.63, 3.8) is 0 Å². The van der Waals surface area contributed by atoms with Gasteiger partial charge in [0.1, 0.15) is 0 Å². The van der Waals surface area contributed by atoms with Gasteiger partial charge < -0.3 is 10.2 Å². The zero-order chi connectivity index (χ0) is 6.85. The number of carboxylic acid groups (broad SMARTS) is 1. The molecule has 0 fully saturated rings. The highest BCUT2D eigenvalue weighted by atomic mass is 16.4. The van der Waals surface area contributed by atoms with Crippen LogP contribution in [0.25, 0.3) is 0 Å². The summed E-state index contributed by atoms with van der Waals surface area (Å²) in [5, 5.41) is 17.2. The van der Waals surface area contributed by atoms with E-state index in [4.69, 9.17) is 10.2 Å². The molecule has 0 saturated heterocycles. The largest absolute Gasteiger partial charge is 0.478 e. The third-order valence-electron chi connectivity index (χ3n) is 1.38. The highest BCUT2D eigenvalue weighted by molar-refractivity contribution is 5.87. The van der Waals surface area contributed by atoms with Crippen LogP contribution < -0.4 is 0 Å². The van der Waals surface area contributed by atoms with Crippen LogP contribution in [-0.4, -0.2) is 22.3 Å². The van der Waals surface area contributed by atoms with Crippen LogP contribution in [0.4, 0.5) is 0 Å². The van der Waals surface area contributed by atoms with E-state index < -0.39 is 12.1 Å². The minimum Gasteiger partial charge on any atom is -0.478 e. The van der Waals surface area contributed by atoms with Crippen LogP contribution in [-0.2, 0) is 4.79 Å². The number of carboxylic acids is 1. The first kappa shape index (κ1) is 6.29. The van der Waals surface area contributed by atoms with E-state index in [9.17, 15) is 4.79 Å². The van der Waals surface area contributed by atoms with Crippen molar-refractivity contribution in [2.24, 2.45) is 0 Å². The van der Waals surface area contributed by atoms with E-state index in [1.54, 1.807) is 0 Å². The molecule has 1 rings (SSSR count). The van der Waals surface area contributed by atoms with Gasteiger partial charge in [0.15, 0.2) is 0 Å². The monoisotopic (exact) mass is 128 g/mol. The molecule has 0 heterocycles. The third-order valence-corrected chi connectivity index (χ3v) is 1.38. The number of rotatable bonds is 1. The summed E-state index contributed by atoms with van der Waals surface area (Å²) in [5.41, 5.74) is 0.336. The van der Waals surface area contributed by atoms with Crippen molar-refractivity contribution >= 4 is 5.97 Å². The highest BCUT2D eigenvalue weighted by Crippen LogP contribution is 2.17. The summed E-state index contributed by atoms with van der Waals surface area (Å²) in [6.07, 6.45) is 1.91. The molecule has 0 aromatic carbocycles. The standard InChI is InChI=1S/C6H8O3/c7-5-2-1-4(3-5)6(8)9/h3,5,7H,1-2H2,(H,8,9). The van der Waals surface area contributed by atoms with E-state index in [-0.39, 0.29) is 0 Å². The maximum Gasteiger partial charge on any atom is 0.331 e. The molecule has 0 saturated carbocycles. The minimum atomic E-state index is -0.911. The van der Waals surface area contributed by atoms with Crippen LogP contribution in [0.3, 0.4) is 0 Å². The number of hydrogen-bond donors (Lipinski definition) is 2. The van der Waals surface area contributed by atoms with Gasteiger partial charge in [0.25, 0.3) is 0 Å². The molecular weight excluding hydrogens is 120 g/mol. The van der Waals surface area contributed by atoms with E-state index >= 15 is 0 Å². The zero-order valence-electron chi connectivity index (χ0n) is 4.87. The van der Waals surface area contributed by atoms with E-state index in [0.717, 1.165) is 0 Å². The van der Waals surface area contributed by atoms with E-state index in [0.29, 0.717) is 18.4 Å². The number of aliphatic hydroxyl groups is 1. The van der Waals surface area contributed by atoms with E-state index in [1.165, 1.54) is 6.08 Å². The fourth-order valence-electron chi connectivity index (χ4n) is 0.881. The molecule has 0 spiro atoms. The second kappa shape index (κ2) is 2.19. The van der Waals surface area contributed by atoms with Gasteiger partial charge >= 0.3 is 5.97 Å². The van der Waals surface area contributed by atoms with Gasteiger partial charge in [-0.1, -0.05) is 0 Å². The molecule has 0 bridgehead atoms. The Labute approximate surface area is 52.6 Å². The van der Waals surface area contributed by atoms with Crippen molar-refractivity contribution in [1.29, 1.82) is 0 Å². The lowest BCUT2D eigenvalue weighted by Crippen LogP contribution is -1.96. The molecule has 1 unspecified atom stereocenters. The molecule has 0 aliphatic heterocycles. The van der Waals surface area contributed by atoms with Gasteiger partial charge in [0.05, 0.1) is 6.10 Å². The van der Waals surface area contributed by atoms with Gasteiger partial charge in [-0.2, -0.15) is 0 Å². The van der Waals surface area contributed by atoms with Crippen molar-refractivity contribution in [1.82, 2.24) is 0 Å². The Bertz CT molecular complexity index is 160. The number of carbonyl (C=O) groups is 1. The Kier molecular flexibility index (Phi) is 1.53. The van der Waals surface area contributed by atoms with Gasteiger partial charge in [0.2, 0.25) is 0 Å². The lowest BCUT2D eigenvalue weighted by Gasteiger charge is -1.89. The Morgan fingerprint density at radius 3 is 2.67 bits per heavy atom. The van der Waals surface area contributed by atoms with Crippen LogP contribution in [0, 0.1) is 0 Å². The van der Waals surface area contributed by atoms with Crippen LogP contribution in [0.1, 0.15) is 12.8 Å². The summed E-state index contributed by atoms with van der Waals surface area (Å²) in [5.74, 6) is -0.911. The SMILES string of the molecule is O=C(O)C1=CC(O)CC1. The molecule has 0 aromatic heterocycles. The molecule has 1 aliphatic carbocycles. The maximum atomic E-state index is 10.2. The number of aliphatic carboxylic acids is 1. The molecule has 0 amide bonds. The van der Waals surface area contributed by atoms with Crippen LogP contribution in [0.5, 0.6) is 0 Å². The predicted molar refractivity (Wildman–Crippen MR) is 31.0 cm³/mol. The van der Waals surface area contributed by atoms with Gasteiger partial charge in [-0.15, -0.1) is 0 Å². The van der Waals surface area contributed by atoms with E-state index in [2.05, 4.69) is 0 Å². The van der Waals surface area contributed by atoms with Crippen molar-refractivity contribution in [3.8, 4) is 0 Å². The molecule has 9 heavy (non-hydrogen) atoms. The fraction of sp³-hybridized carbons (Fsp3) is 0.500. The Morgan fingerprint density at radius 1 is 1.78 bits per heavy atom. The highest BCUT2D eigenvalue weighted by Gasteiger charge is 2.17. The Hall–Kier alpha value is -0.830. The number of hydrogen-bond acceptors (Lipinski definition) is 2. The van der Waals surface area contributed by atoms with Crippen molar-refractivity contribution < 1.29 is 15.0 Å². The zero-order valence-corrected chi connectivity index (χ0v) is 4.87. The van der Waals surface area contributed by atoms with Crippen molar-refractivity contribution in [2.75, 3.05) is 0 Å². The summed E-state index contributed by atoms with van der Waals surface area (Å²) in [6.45, 7) is 0. The first-order chi connectivity index (χ1) is 4.20. The molecular formula is C6H8O3. The second-order valence-corrected chi connectivity index (χ2v) is 2.10. The second-order valence-electron chi connectivity index (χ2n) is 2.10. The predicted octanol–water partition coefficient (Wildman–Crippen LogP) is 0.152. The molecule has 1 aliphatic rings. The summed E-state index contributed by atoms with van der Waals surface area (Å²) in [6, 6.07) is 0. The van der Waals surface area contributed by atoms with Crippen LogP contribution in [0.2, 0.25) is 0 Å². The molecule has 50 valence electrons. The smallest absolute Gasteiger partial charge is 0.331 e. The average molecular weight is 128 g/mol. The lowest BCUT2D eigenvalue weighted by molar-refractivity contribution is -0.132. The Morgan fingerprint density at radius 2 is 2.44 bits per heavy atom. The van der Waals surface area contributed by atoms with Crippen molar-refractivity contribution in [3.05, 3.63) is 11.6 Å².